The Labute approximate surface area is 142 Å². The molecule has 124 valence electrons. The molecule has 0 aromatic heterocycles. The molecule has 0 aliphatic heterocycles. The van der Waals surface area contributed by atoms with Gasteiger partial charge >= 0.3 is 141 Å². The van der Waals surface area contributed by atoms with Crippen LogP contribution in [0.2, 0.25) is 0 Å². The predicted octanol–water partition coefficient (Wildman–Crippen LogP) is 3.20. The van der Waals surface area contributed by atoms with E-state index in [1.807, 2.05) is 49.4 Å². The van der Waals surface area contributed by atoms with Gasteiger partial charge in [-0.1, -0.05) is 0 Å². The summed E-state index contributed by atoms with van der Waals surface area (Å²) in [5.74, 6) is 0. The third kappa shape index (κ3) is 2.77. The average molecular weight is 340 g/mol. The Morgan fingerprint density at radius 3 is 1.79 bits per heavy atom. The standard InChI is InChI=1S/C20H21O3P/c1-15-13-14-19(17-9-5-3-6-10-17)16(2)20(15)24(21,22,23)18-11-7-4-8-12-18/h3-14,21-23H,1-2H3. The number of aryl methyl sites for hydroxylation is 1. The van der Waals surface area contributed by atoms with E-state index >= 15 is 0 Å². The molecule has 0 saturated carbocycles. The van der Waals surface area contributed by atoms with E-state index in [1.165, 1.54) is 0 Å². The molecular weight excluding hydrogens is 319 g/mol. The molecule has 3 N–H and O–H groups in total. The third-order valence-corrected chi connectivity index (χ3v) is 7.12. The zero-order chi connectivity index (χ0) is 17.4. The van der Waals surface area contributed by atoms with Gasteiger partial charge in [0.1, 0.15) is 0 Å². The summed E-state index contributed by atoms with van der Waals surface area (Å²) in [6, 6.07) is 21.7. The van der Waals surface area contributed by atoms with Crippen LogP contribution in [0.1, 0.15) is 11.1 Å². The van der Waals surface area contributed by atoms with Crippen molar-refractivity contribution in [2.45, 2.75) is 13.8 Å². The van der Waals surface area contributed by atoms with Gasteiger partial charge in [0.05, 0.1) is 0 Å². The molecule has 0 amide bonds. The van der Waals surface area contributed by atoms with Crippen LogP contribution in [0, 0.1) is 13.8 Å². The Bertz CT molecular complexity index is 866. The third-order valence-electron chi connectivity index (χ3n) is 4.36. The van der Waals surface area contributed by atoms with E-state index in [2.05, 4.69) is 0 Å². The second kappa shape index (κ2) is 5.80. The molecule has 24 heavy (non-hydrogen) atoms. The fourth-order valence-corrected chi connectivity index (χ4v) is 5.67. The summed E-state index contributed by atoms with van der Waals surface area (Å²) >= 11 is 0. The molecule has 0 aliphatic rings. The Kier molecular flexibility index (Phi) is 4.06. The van der Waals surface area contributed by atoms with Crippen LogP contribution in [0.25, 0.3) is 11.1 Å². The molecule has 0 aliphatic carbocycles. The van der Waals surface area contributed by atoms with E-state index in [-0.39, 0.29) is 10.6 Å². The molecule has 0 bridgehead atoms. The predicted molar refractivity (Wildman–Crippen MR) is 101 cm³/mol. The van der Waals surface area contributed by atoms with Gasteiger partial charge in [0.25, 0.3) is 0 Å². The van der Waals surface area contributed by atoms with Gasteiger partial charge in [0, 0.05) is 0 Å². The Balaban J connectivity index is 2.29. The van der Waals surface area contributed by atoms with Crippen molar-refractivity contribution >= 4 is 17.9 Å². The molecular formula is C20H21O3P. The molecule has 0 spiro atoms. The van der Waals surface area contributed by atoms with Gasteiger partial charge in [-0.05, 0) is 0 Å². The Morgan fingerprint density at radius 2 is 1.21 bits per heavy atom. The maximum absolute atomic E-state index is 11.0. The molecule has 0 fully saturated rings. The van der Waals surface area contributed by atoms with Crippen LogP contribution in [0.3, 0.4) is 0 Å². The summed E-state index contributed by atoms with van der Waals surface area (Å²) < 4.78 is 0. The fraction of sp³-hybridized carbons (Fsp3) is 0.100. The van der Waals surface area contributed by atoms with Crippen LogP contribution in [0.15, 0.2) is 72.8 Å². The van der Waals surface area contributed by atoms with Crippen LogP contribution >= 0.6 is 7.28 Å². The van der Waals surface area contributed by atoms with E-state index < -0.39 is 7.28 Å². The molecule has 3 rings (SSSR count). The summed E-state index contributed by atoms with van der Waals surface area (Å²) in [5.41, 5.74) is 3.17. The van der Waals surface area contributed by atoms with E-state index in [0.29, 0.717) is 11.1 Å². The van der Waals surface area contributed by atoms with Crippen LogP contribution in [-0.2, 0) is 0 Å². The van der Waals surface area contributed by atoms with E-state index in [1.54, 1.807) is 37.3 Å². The minimum atomic E-state index is -5.20. The van der Waals surface area contributed by atoms with E-state index in [4.69, 9.17) is 0 Å². The van der Waals surface area contributed by atoms with Crippen LogP contribution in [0.5, 0.6) is 0 Å². The van der Waals surface area contributed by atoms with Gasteiger partial charge in [-0.2, -0.15) is 0 Å². The summed E-state index contributed by atoms with van der Waals surface area (Å²) in [6.07, 6.45) is 0. The fourth-order valence-electron chi connectivity index (χ4n) is 3.23. The molecule has 0 saturated heterocycles. The zero-order valence-corrected chi connectivity index (χ0v) is 14.6. The van der Waals surface area contributed by atoms with Gasteiger partial charge in [0.2, 0.25) is 0 Å². The summed E-state index contributed by atoms with van der Waals surface area (Å²) in [4.78, 5) is 33.0. The van der Waals surface area contributed by atoms with E-state index in [0.717, 1.165) is 11.1 Å². The number of hydrogen-bond acceptors (Lipinski definition) is 3. The van der Waals surface area contributed by atoms with Crippen molar-refractivity contribution in [1.82, 2.24) is 0 Å². The first-order valence-electron chi connectivity index (χ1n) is 7.78. The first-order valence-corrected chi connectivity index (χ1v) is 9.87. The summed E-state index contributed by atoms with van der Waals surface area (Å²) in [6.45, 7) is 3.60. The van der Waals surface area contributed by atoms with Crippen LogP contribution in [-0.4, -0.2) is 14.7 Å². The number of benzene rings is 3. The molecule has 4 heteroatoms. The SMILES string of the molecule is Cc1ccc(-c2ccccc2)c(C)c1P(O)(O)(O)c1ccccc1. The molecule has 3 aromatic carbocycles. The first kappa shape index (κ1) is 16.8. The van der Waals surface area contributed by atoms with Gasteiger partial charge in [-0.15, -0.1) is 0 Å². The average Bonchev–Trinajstić information content (AvgIpc) is 2.56. The van der Waals surface area contributed by atoms with Gasteiger partial charge in [-0.25, -0.2) is 0 Å². The van der Waals surface area contributed by atoms with Crippen molar-refractivity contribution < 1.29 is 14.7 Å². The van der Waals surface area contributed by atoms with Crippen molar-refractivity contribution in [2.75, 3.05) is 0 Å². The summed E-state index contributed by atoms with van der Waals surface area (Å²) in [5, 5.41) is 0.355. The van der Waals surface area contributed by atoms with Crippen molar-refractivity contribution in [2.24, 2.45) is 0 Å². The van der Waals surface area contributed by atoms with Crippen molar-refractivity contribution in [3.05, 3.63) is 83.9 Å². The second-order valence-electron chi connectivity index (χ2n) is 6.09. The Morgan fingerprint density at radius 1 is 0.667 bits per heavy atom. The second-order valence-corrected chi connectivity index (χ2v) is 9.01. The Hall–Kier alpha value is -2.03. The number of rotatable bonds is 3. The molecule has 0 heterocycles. The van der Waals surface area contributed by atoms with Gasteiger partial charge in [0.15, 0.2) is 0 Å². The zero-order valence-electron chi connectivity index (χ0n) is 13.7. The monoisotopic (exact) mass is 340 g/mol. The first-order chi connectivity index (χ1) is 11.3. The topological polar surface area (TPSA) is 60.7 Å². The minimum absolute atomic E-state index is 0.139. The maximum atomic E-state index is 11.0. The van der Waals surface area contributed by atoms with E-state index in [9.17, 15) is 14.7 Å². The molecule has 0 unspecified atom stereocenters. The molecule has 3 nitrogen and oxygen atoms in total. The van der Waals surface area contributed by atoms with Gasteiger partial charge in [-0.3, -0.25) is 0 Å². The van der Waals surface area contributed by atoms with Crippen molar-refractivity contribution in [3.8, 4) is 11.1 Å². The summed E-state index contributed by atoms with van der Waals surface area (Å²) in [7, 11) is -5.20. The van der Waals surface area contributed by atoms with Crippen LogP contribution < -0.4 is 10.6 Å². The van der Waals surface area contributed by atoms with Crippen molar-refractivity contribution in [1.29, 1.82) is 0 Å². The molecule has 3 aromatic rings. The quantitative estimate of drug-likeness (QED) is 0.642. The number of hydrogen-bond donors (Lipinski definition) is 3. The normalized spacial score (nSPS) is 13.3. The van der Waals surface area contributed by atoms with Crippen molar-refractivity contribution in [3.63, 3.8) is 0 Å². The molecule has 0 radical (unpaired) electrons. The van der Waals surface area contributed by atoms with Crippen LogP contribution in [0.4, 0.5) is 0 Å². The molecule has 0 atom stereocenters. The van der Waals surface area contributed by atoms with Gasteiger partial charge < -0.3 is 0 Å².